The summed E-state index contributed by atoms with van der Waals surface area (Å²) in [5.41, 5.74) is -1.10. The minimum atomic E-state index is -1.10. The fraction of sp³-hybridized carbons (Fsp3) is 0.529. The van der Waals surface area contributed by atoms with Crippen molar-refractivity contribution in [2.24, 2.45) is 0 Å². The van der Waals surface area contributed by atoms with E-state index in [4.69, 9.17) is 21.1 Å². The van der Waals surface area contributed by atoms with Crippen LogP contribution in [0.3, 0.4) is 0 Å². The quantitative estimate of drug-likeness (QED) is 0.688. The van der Waals surface area contributed by atoms with Gasteiger partial charge in [-0.2, -0.15) is 0 Å². The molecule has 0 aliphatic heterocycles. The molecule has 0 radical (unpaired) electrons. The molecule has 24 heavy (non-hydrogen) atoms. The van der Waals surface area contributed by atoms with E-state index in [0.717, 1.165) is 6.42 Å². The largest absolute Gasteiger partial charge is 0.478 e. The molecule has 2 amide bonds. The number of nitrogens with one attached hydrogen (secondary N) is 1. The molecule has 1 aromatic carbocycles. The minimum Gasteiger partial charge on any atom is -0.478 e. The monoisotopic (exact) mass is 356 g/mol. The first kappa shape index (κ1) is 20.3. The van der Waals surface area contributed by atoms with E-state index >= 15 is 0 Å². The normalized spacial score (nSPS) is 11.0. The number of halogens is 1. The molecule has 1 aromatic rings. The molecule has 0 saturated heterocycles. The number of amides is 2. The van der Waals surface area contributed by atoms with Crippen molar-refractivity contribution in [2.45, 2.75) is 25.9 Å². The van der Waals surface area contributed by atoms with Gasteiger partial charge in [0, 0.05) is 32.3 Å². The molecule has 0 heterocycles. The van der Waals surface area contributed by atoms with Crippen LogP contribution < -0.4 is 10.1 Å². The highest BCUT2D eigenvalue weighted by Gasteiger charge is 2.33. The summed E-state index contributed by atoms with van der Waals surface area (Å²) in [5.74, 6) is 0.0314. The molecule has 7 heteroatoms. The number of likely N-dealkylation sites (N-methyl/N-ethyl adjacent to an activating group) is 1. The van der Waals surface area contributed by atoms with Crippen LogP contribution in [0.2, 0.25) is 5.02 Å². The van der Waals surface area contributed by atoms with Gasteiger partial charge in [-0.05, 0) is 44.5 Å². The lowest BCUT2D eigenvalue weighted by molar-refractivity contribution is -0.146. The highest BCUT2D eigenvalue weighted by Crippen LogP contribution is 2.22. The van der Waals surface area contributed by atoms with Crippen LogP contribution in [0.15, 0.2) is 24.3 Å². The predicted octanol–water partition coefficient (Wildman–Crippen LogP) is 2.11. The van der Waals surface area contributed by atoms with Crippen molar-refractivity contribution in [3.05, 3.63) is 29.3 Å². The molecular weight excluding hydrogens is 332 g/mol. The van der Waals surface area contributed by atoms with Crippen LogP contribution in [0.4, 0.5) is 0 Å². The van der Waals surface area contributed by atoms with E-state index in [1.54, 1.807) is 52.3 Å². The Kier molecular flexibility index (Phi) is 8.01. The molecule has 1 rings (SSSR count). The standard InChI is InChI=1S/C17H25ClN2O4/c1-17(2,24-14-8-6-13(18)7-9-14)16(22)20(3)12-15(21)19-10-5-11-23-4/h6-9H,5,10-12H2,1-4H3,(H,19,21). The molecule has 0 aromatic heterocycles. The highest BCUT2D eigenvalue weighted by atomic mass is 35.5. The molecule has 0 atom stereocenters. The van der Waals surface area contributed by atoms with Crippen molar-refractivity contribution < 1.29 is 19.1 Å². The number of carbonyl (C=O) groups excluding carboxylic acids is 2. The first-order valence-corrected chi connectivity index (χ1v) is 8.10. The number of nitrogens with zero attached hydrogens (tertiary/aromatic N) is 1. The summed E-state index contributed by atoms with van der Waals surface area (Å²) >= 11 is 5.83. The van der Waals surface area contributed by atoms with Crippen molar-refractivity contribution in [3.8, 4) is 5.75 Å². The number of methoxy groups -OCH3 is 1. The second-order valence-corrected chi connectivity index (χ2v) is 6.36. The van der Waals surface area contributed by atoms with E-state index < -0.39 is 5.60 Å². The maximum Gasteiger partial charge on any atom is 0.266 e. The van der Waals surface area contributed by atoms with Crippen molar-refractivity contribution in [1.82, 2.24) is 10.2 Å². The van der Waals surface area contributed by atoms with E-state index in [2.05, 4.69) is 5.32 Å². The lowest BCUT2D eigenvalue weighted by Gasteiger charge is -2.29. The maximum atomic E-state index is 12.5. The Morgan fingerprint density at radius 1 is 1.25 bits per heavy atom. The molecule has 1 N–H and O–H groups in total. The SMILES string of the molecule is COCCCNC(=O)CN(C)C(=O)C(C)(C)Oc1ccc(Cl)cc1. The molecule has 6 nitrogen and oxygen atoms in total. The van der Waals surface area contributed by atoms with Crippen LogP contribution in [-0.4, -0.2) is 56.2 Å². The topological polar surface area (TPSA) is 67.9 Å². The van der Waals surface area contributed by atoms with Gasteiger partial charge >= 0.3 is 0 Å². The predicted molar refractivity (Wildman–Crippen MR) is 93.3 cm³/mol. The Morgan fingerprint density at radius 3 is 2.46 bits per heavy atom. The van der Waals surface area contributed by atoms with Gasteiger partial charge in [-0.25, -0.2) is 0 Å². The molecule has 0 spiro atoms. The molecule has 134 valence electrons. The van der Waals surface area contributed by atoms with Crippen LogP contribution in [0.1, 0.15) is 20.3 Å². The second kappa shape index (κ2) is 9.49. The summed E-state index contributed by atoms with van der Waals surface area (Å²) in [7, 11) is 3.18. The van der Waals surface area contributed by atoms with Crippen LogP contribution in [0, 0.1) is 0 Å². The lowest BCUT2D eigenvalue weighted by atomic mass is 10.1. The minimum absolute atomic E-state index is 0.0285. The number of carbonyl (C=O) groups is 2. The average Bonchev–Trinajstić information content (AvgIpc) is 2.52. The third-order valence-corrected chi connectivity index (χ3v) is 3.53. The summed E-state index contributed by atoms with van der Waals surface area (Å²) in [6.07, 6.45) is 0.727. The number of hydrogen-bond donors (Lipinski definition) is 1. The molecule has 0 saturated carbocycles. The van der Waals surface area contributed by atoms with Gasteiger partial charge in [0.15, 0.2) is 5.60 Å². The van der Waals surface area contributed by atoms with E-state index in [1.807, 2.05) is 0 Å². The Bertz CT molecular complexity index is 546. The summed E-state index contributed by atoms with van der Waals surface area (Å²) in [4.78, 5) is 25.7. The summed E-state index contributed by atoms with van der Waals surface area (Å²) in [5, 5.41) is 3.33. The fourth-order valence-electron chi connectivity index (χ4n) is 2.09. The van der Waals surface area contributed by atoms with Crippen molar-refractivity contribution in [1.29, 1.82) is 0 Å². The molecule has 0 fully saturated rings. The third kappa shape index (κ3) is 6.76. The van der Waals surface area contributed by atoms with Crippen LogP contribution in [-0.2, 0) is 14.3 Å². The summed E-state index contributed by atoms with van der Waals surface area (Å²) in [6.45, 7) is 4.39. The van der Waals surface area contributed by atoms with Crippen molar-refractivity contribution >= 4 is 23.4 Å². The van der Waals surface area contributed by atoms with Crippen LogP contribution in [0.25, 0.3) is 0 Å². The van der Waals surface area contributed by atoms with E-state index in [1.165, 1.54) is 4.90 Å². The Morgan fingerprint density at radius 2 is 1.88 bits per heavy atom. The Hall–Kier alpha value is -1.79. The zero-order chi connectivity index (χ0) is 18.2. The number of hydrogen-bond acceptors (Lipinski definition) is 4. The molecular formula is C17H25ClN2O4. The summed E-state index contributed by atoms with van der Waals surface area (Å²) in [6, 6.07) is 6.77. The van der Waals surface area contributed by atoms with Gasteiger partial charge in [-0.15, -0.1) is 0 Å². The van der Waals surface area contributed by atoms with E-state index in [-0.39, 0.29) is 18.4 Å². The second-order valence-electron chi connectivity index (χ2n) is 5.92. The van der Waals surface area contributed by atoms with Gasteiger partial charge in [-0.3, -0.25) is 9.59 Å². The number of rotatable bonds is 9. The van der Waals surface area contributed by atoms with Gasteiger partial charge in [-0.1, -0.05) is 11.6 Å². The van der Waals surface area contributed by atoms with Crippen molar-refractivity contribution in [3.63, 3.8) is 0 Å². The smallest absolute Gasteiger partial charge is 0.266 e. The van der Waals surface area contributed by atoms with Crippen molar-refractivity contribution in [2.75, 3.05) is 33.9 Å². The Balaban J connectivity index is 2.53. The fourth-order valence-corrected chi connectivity index (χ4v) is 2.21. The van der Waals surface area contributed by atoms with Crippen LogP contribution in [0.5, 0.6) is 5.75 Å². The highest BCUT2D eigenvalue weighted by molar-refractivity contribution is 6.30. The number of benzene rings is 1. The first-order chi connectivity index (χ1) is 11.3. The molecule has 0 unspecified atom stereocenters. The lowest BCUT2D eigenvalue weighted by Crippen LogP contribution is -2.50. The van der Waals surface area contributed by atoms with Gasteiger partial charge in [0.2, 0.25) is 5.91 Å². The van der Waals surface area contributed by atoms with Crippen LogP contribution >= 0.6 is 11.6 Å². The third-order valence-electron chi connectivity index (χ3n) is 3.28. The number of ether oxygens (including phenoxy) is 2. The molecule has 0 aliphatic carbocycles. The van der Waals surface area contributed by atoms with Gasteiger partial charge in [0.05, 0.1) is 6.54 Å². The molecule has 0 aliphatic rings. The Labute approximate surface area is 148 Å². The summed E-state index contributed by atoms with van der Waals surface area (Å²) < 4.78 is 10.6. The van der Waals surface area contributed by atoms with Gasteiger partial charge < -0.3 is 19.7 Å². The zero-order valence-electron chi connectivity index (χ0n) is 14.6. The maximum absolute atomic E-state index is 12.5. The zero-order valence-corrected chi connectivity index (χ0v) is 15.4. The average molecular weight is 357 g/mol. The first-order valence-electron chi connectivity index (χ1n) is 7.72. The van der Waals surface area contributed by atoms with Gasteiger partial charge in [0.1, 0.15) is 5.75 Å². The van der Waals surface area contributed by atoms with Gasteiger partial charge in [0.25, 0.3) is 5.91 Å². The molecule has 0 bridgehead atoms. The van der Waals surface area contributed by atoms with E-state index in [9.17, 15) is 9.59 Å². The van der Waals surface area contributed by atoms with E-state index in [0.29, 0.717) is 23.9 Å².